The van der Waals surface area contributed by atoms with Gasteiger partial charge < -0.3 is 23.7 Å². The molecule has 5 aromatic rings. The van der Waals surface area contributed by atoms with Crippen molar-refractivity contribution in [3.8, 4) is 28.7 Å². The zero-order valence-corrected chi connectivity index (χ0v) is 63.3. The molecule has 0 bridgehead atoms. The molecule has 10 nitrogen and oxygen atoms in total. The highest BCUT2D eigenvalue weighted by Gasteiger charge is 2.32. The van der Waals surface area contributed by atoms with Gasteiger partial charge in [0.15, 0.2) is 0 Å². The first kappa shape index (κ1) is 92.2. The maximum absolute atomic E-state index is 12.1. The van der Waals surface area contributed by atoms with Crippen molar-refractivity contribution in [1.29, 1.82) is 0 Å². The van der Waals surface area contributed by atoms with Crippen molar-refractivity contribution in [3.05, 3.63) is 121 Å². The smallest absolute Gasteiger partial charge is 0.314 e. The molecule has 0 saturated heterocycles. The Kier molecular flexibility index (Phi) is 47.4. The Labute approximate surface area is 621 Å². The van der Waals surface area contributed by atoms with Crippen LogP contribution >= 0.6 is 63.1 Å². The van der Waals surface area contributed by atoms with E-state index < -0.39 is 0 Å². The molecule has 5 saturated carbocycles. The number of esters is 5. The van der Waals surface area contributed by atoms with E-state index >= 15 is 0 Å². The van der Waals surface area contributed by atoms with E-state index in [1.807, 2.05) is 0 Å². The van der Waals surface area contributed by atoms with Crippen LogP contribution in [0, 0.1) is 59.2 Å². The number of hydrogen-bond acceptors (Lipinski definition) is 10. The van der Waals surface area contributed by atoms with Crippen molar-refractivity contribution >= 4 is 93.0 Å². The molecule has 100 heavy (non-hydrogen) atoms. The third-order valence-electron chi connectivity index (χ3n) is 19.6. The van der Waals surface area contributed by atoms with E-state index in [4.69, 9.17) is 86.8 Å². The molecule has 5 radical (unpaired) electrons. The summed E-state index contributed by atoms with van der Waals surface area (Å²) < 4.78 is 27.1. The number of carbonyl (C=O) groups excluding carboxylic acids is 5. The van der Waals surface area contributed by atoms with Gasteiger partial charge in [-0.2, -0.15) is 0 Å². The largest absolute Gasteiger partial charge is 0.426 e. The summed E-state index contributed by atoms with van der Waals surface area (Å²) in [6.07, 6.45) is 34.1. The molecule has 5 fully saturated rings. The van der Waals surface area contributed by atoms with Gasteiger partial charge in [0.05, 0.1) is 29.6 Å². The number of rotatable bonds is 20. The minimum absolute atomic E-state index is 0. The fourth-order valence-corrected chi connectivity index (χ4v) is 14.7. The van der Waals surface area contributed by atoms with E-state index in [0.717, 1.165) is 118 Å². The highest BCUT2D eigenvalue weighted by molar-refractivity contribution is 7.81. The van der Waals surface area contributed by atoms with Gasteiger partial charge in [0, 0.05) is 24.5 Å². The van der Waals surface area contributed by atoms with Gasteiger partial charge in [-0.3, -0.25) is 47.5 Å². The van der Waals surface area contributed by atoms with Gasteiger partial charge in [-0.25, -0.2) is 0 Å². The minimum Gasteiger partial charge on any atom is -0.426 e. The van der Waals surface area contributed by atoms with Crippen LogP contribution < -0.4 is 23.7 Å². The molecule has 0 amide bonds. The van der Waals surface area contributed by atoms with Crippen molar-refractivity contribution in [2.24, 2.45) is 59.2 Å². The van der Waals surface area contributed by atoms with E-state index in [1.54, 1.807) is 121 Å². The second-order valence-electron chi connectivity index (χ2n) is 27.0. The molecule has 5 aliphatic rings. The zero-order valence-electron chi connectivity index (χ0n) is 59.2. The molecular weight excluding hydrogens is 1380 g/mol. The molecule has 0 aromatic heterocycles. The van der Waals surface area contributed by atoms with Gasteiger partial charge in [0.2, 0.25) is 0 Å². The normalized spacial score (nSPS) is 21.9. The van der Waals surface area contributed by atoms with Gasteiger partial charge in [-0.15, -0.1) is 0 Å². The summed E-state index contributed by atoms with van der Waals surface area (Å²) in [5, 5.41) is 0. The Morgan fingerprint density at radius 1 is 0.240 bits per heavy atom. The third kappa shape index (κ3) is 34.4. The number of ether oxygens (including phenoxy) is 5. The summed E-state index contributed by atoms with van der Waals surface area (Å²) >= 11 is 25.0. The van der Waals surface area contributed by atoms with Gasteiger partial charge in [-0.05, 0) is 279 Å². The fourth-order valence-electron chi connectivity index (χ4n) is 14.0. The average Bonchev–Trinajstić information content (AvgIpc) is 0.904. The van der Waals surface area contributed by atoms with Crippen molar-refractivity contribution in [1.82, 2.24) is 0 Å². The average molecular weight is 1490 g/mol. The molecule has 10 rings (SSSR count). The first-order valence-corrected chi connectivity index (χ1v) is 37.9. The van der Waals surface area contributed by atoms with Gasteiger partial charge >= 0.3 is 29.8 Å². The lowest BCUT2D eigenvalue weighted by atomic mass is 9.80. The summed E-state index contributed by atoms with van der Waals surface area (Å²) in [6, 6.07) is 35.5. The molecule has 5 aliphatic carbocycles. The molecule has 20 heteroatoms. The molecule has 0 heterocycles. The van der Waals surface area contributed by atoms with E-state index in [1.165, 1.54) is 128 Å². The van der Waals surface area contributed by atoms with E-state index in [9.17, 15) is 24.0 Å². The SMILES string of the molecule is CCCC1CCC(C(=O)Oc2ccc([S])cc2)CC1.CCCC1CCC(C(=O)Oc2ccc([S])cc2)CC1.CCCC1CCC(C(=O)Oc2ccc([S])cc2)CC1.CCCC1CCC(C(=O)Oc2ccc([S])cc2)CC1.CCCC1CCC(C(=O)Oc2ccc([S])cc2)CC1.F.F.F.F.F. The monoisotopic (exact) mass is 1490 g/mol. The third-order valence-corrected chi connectivity index (χ3v) is 21.0. The quantitative estimate of drug-likeness (QED) is 0.0421. The number of benzene rings is 5. The summed E-state index contributed by atoms with van der Waals surface area (Å²) in [5.41, 5.74) is 0. The second-order valence-corrected chi connectivity index (χ2v) is 29.4. The number of carbonyl (C=O) groups is 5. The predicted molar refractivity (Wildman–Crippen MR) is 404 cm³/mol. The van der Waals surface area contributed by atoms with Crippen LogP contribution in [0.3, 0.4) is 0 Å². The molecule has 555 valence electrons. The van der Waals surface area contributed by atoms with Crippen LogP contribution in [0.15, 0.2) is 146 Å². The number of halogens is 5. The Morgan fingerprint density at radius 2 is 0.360 bits per heavy atom. The standard InChI is InChI=1S/5C16H21O2S.5FH/c5*1-2-3-12-4-6-13(7-5-12)16(17)18-14-8-10-15(19)11-9-14;;;;;/h5*8-13H,2-7H2,1H3;5*1H. The highest BCUT2D eigenvalue weighted by atomic mass is 32.1. The van der Waals surface area contributed by atoms with Crippen LogP contribution in [-0.4, -0.2) is 29.8 Å². The Bertz CT molecular complexity index is 2530. The lowest BCUT2D eigenvalue weighted by molar-refractivity contribution is -0.141. The van der Waals surface area contributed by atoms with E-state index in [0.29, 0.717) is 28.7 Å². The van der Waals surface area contributed by atoms with Crippen molar-refractivity contribution in [3.63, 3.8) is 0 Å². The highest BCUT2D eigenvalue weighted by Crippen LogP contribution is 2.38. The van der Waals surface area contributed by atoms with Gasteiger partial charge in [0.25, 0.3) is 0 Å². The van der Waals surface area contributed by atoms with Crippen LogP contribution in [-0.2, 0) is 24.0 Å². The van der Waals surface area contributed by atoms with E-state index in [-0.39, 0.29) is 83.0 Å². The lowest BCUT2D eigenvalue weighted by Gasteiger charge is -2.26. The van der Waals surface area contributed by atoms with Gasteiger partial charge in [-0.1, -0.05) is 162 Å². The molecule has 0 N–H and O–H groups in total. The zero-order chi connectivity index (χ0) is 68.3. The molecule has 0 atom stereocenters. The Hall–Kier alpha value is -5.80. The maximum atomic E-state index is 12.1. The van der Waals surface area contributed by atoms with E-state index in [2.05, 4.69) is 34.6 Å². The van der Waals surface area contributed by atoms with Crippen molar-refractivity contribution in [2.45, 2.75) is 252 Å². The Morgan fingerprint density at radius 3 is 0.470 bits per heavy atom. The summed E-state index contributed by atoms with van der Waals surface area (Å²) in [4.78, 5) is 64.2. The molecule has 0 unspecified atom stereocenters. The molecule has 0 aliphatic heterocycles. The van der Waals surface area contributed by atoms with Gasteiger partial charge in [0.1, 0.15) is 28.7 Å². The van der Waals surface area contributed by atoms with Crippen LogP contribution in [0.5, 0.6) is 28.7 Å². The van der Waals surface area contributed by atoms with Crippen LogP contribution in [0.1, 0.15) is 227 Å². The van der Waals surface area contributed by atoms with Crippen LogP contribution in [0.2, 0.25) is 0 Å². The number of hydrogen-bond donors (Lipinski definition) is 0. The first-order valence-electron chi connectivity index (χ1n) is 35.9. The first-order chi connectivity index (χ1) is 45.9. The van der Waals surface area contributed by atoms with Crippen molar-refractivity contribution < 1.29 is 71.2 Å². The fraction of sp³-hybridized carbons (Fsp3) is 0.562. The topological polar surface area (TPSA) is 132 Å². The minimum atomic E-state index is -0.0768. The second kappa shape index (κ2) is 51.4. The molecular formula is C80H110F5O10S5. The summed E-state index contributed by atoms with van der Waals surface area (Å²) in [6.45, 7) is 11.1. The van der Waals surface area contributed by atoms with Crippen molar-refractivity contribution in [2.75, 3.05) is 0 Å². The Balaban J connectivity index is 0.000000617. The lowest BCUT2D eigenvalue weighted by Crippen LogP contribution is -2.25. The van der Waals surface area contributed by atoms with Crippen LogP contribution in [0.25, 0.3) is 0 Å². The molecule has 0 spiro atoms. The summed E-state index contributed by atoms with van der Waals surface area (Å²) in [5.74, 6) is 7.11. The van der Waals surface area contributed by atoms with Crippen LogP contribution in [0.4, 0.5) is 23.5 Å². The molecule has 5 aromatic carbocycles. The summed E-state index contributed by atoms with van der Waals surface area (Å²) in [7, 11) is 0. The predicted octanol–water partition coefficient (Wildman–Crippen LogP) is 24.5. The maximum Gasteiger partial charge on any atom is 0.314 e.